The van der Waals surface area contributed by atoms with Gasteiger partial charge in [0.05, 0.1) is 0 Å². The van der Waals surface area contributed by atoms with E-state index in [0.29, 0.717) is 11.3 Å². The number of carbonyl (C=O) groups excluding carboxylic acids is 2. The third kappa shape index (κ3) is 3.69. The molecule has 0 radical (unpaired) electrons. The number of amides is 1. The van der Waals surface area contributed by atoms with Gasteiger partial charge in [0.25, 0.3) is 0 Å². The maximum atomic E-state index is 11.7. The molecule has 0 spiro atoms. The van der Waals surface area contributed by atoms with Crippen molar-refractivity contribution in [1.82, 2.24) is 14.8 Å². The van der Waals surface area contributed by atoms with E-state index < -0.39 is 16.8 Å². The van der Waals surface area contributed by atoms with Crippen LogP contribution in [-0.2, 0) is 11.3 Å². The minimum absolute atomic E-state index is 0.0669. The van der Waals surface area contributed by atoms with Crippen LogP contribution in [0.1, 0.15) is 17.3 Å². The van der Waals surface area contributed by atoms with E-state index in [4.69, 9.17) is 0 Å². The van der Waals surface area contributed by atoms with Crippen LogP contribution in [0.2, 0.25) is 0 Å². The van der Waals surface area contributed by atoms with E-state index in [-0.39, 0.29) is 12.3 Å². The number of hydrogen-bond donors (Lipinski definition) is 1. The number of ketones is 1. The van der Waals surface area contributed by atoms with E-state index in [2.05, 4.69) is 15.4 Å². The van der Waals surface area contributed by atoms with Crippen LogP contribution in [0.5, 0.6) is 0 Å². The smallest absolute Gasteiger partial charge is 0.390 e. The van der Waals surface area contributed by atoms with E-state index >= 15 is 0 Å². The molecule has 1 aromatic carbocycles. The summed E-state index contributed by atoms with van der Waals surface area (Å²) in [6.45, 7) is 1.25. The maximum absolute atomic E-state index is 11.7. The zero-order valence-corrected chi connectivity index (χ0v) is 11.0. The first-order valence-electron chi connectivity index (χ1n) is 5.90. The maximum Gasteiger partial charge on any atom is 0.490 e. The van der Waals surface area contributed by atoms with Crippen LogP contribution in [0, 0.1) is 10.1 Å². The van der Waals surface area contributed by atoms with Crippen molar-refractivity contribution in [2.75, 3.05) is 5.32 Å². The van der Waals surface area contributed by atoms with Crippen LogP contribution in [0.4, 0.5) is 11.6 Å². The molecule has 0 aliphatic carbocycles. The second kappa shape index (κ2) is 5.90. The van der Waals surface area contributed by atoms with Gasteiger partial charge in [0.15, 0.2) is 5.78 Å². The SMILES string of the molecule is CC(=O)c1ccc(NC(=O)Cn2cnc([N+](=O)[O-])n2)cc1. The zero-order valence-electron chi connectivity index (χ0n) is 11.0. The molecule has 1 N–H and O–H groups in total. The standard InChI is InChI=1S/C12H11N5O4/c1-8(18)9-2-4-10(5-3-9)14-11(19)6-16-7-13-12(15-16)17(20)21/h2-5,7H,6H2,1H3,(H,14,19). The first-order valence-corrected chi connectivity index (χ1v) is 5.90. The number of aromatic nitrogens is 3. The molecule has 108 valence electrons. The van der Waals surface area contributed by atoms with Gasteiger partial charge in [-0.05, 0) is 36.1 Å². The normalized spacial score (nSPS) is 10.1. The van der Waals surface area contributed by atoms with Crippen molar-refractivity contribution in [3.05, 3.63) is 46.3 Å². The minimum Gasteiger partial charge on any atom is -0.390 e. The summed E-state index contributed by atoms with van der Waals surface area (Å²) in [5.41, 5.74) is 1.06. The van der Waals surface area contributed by atoms with Gasteiger partial charge in [-0.25, -0.2) is 0 Å². The van der Waals surface area contributed by atoms with Gasteiger partial charge in [0, 0.05) is 16.3 Å². The van der Waals surface area contributed by atoms with E-state index in [1.807, 2.05) is 0 Å². The molecule has 0 aliphatic rings. The van der Waals surface area contributed by atoms with Crippen LogP contribution >= 0.6 is 0 Å². The fourth-order valence-corrected chi connectivity index (χ4v) is 1.58. The minimum atomic E-state index is -0.741. The highest BCUT2D eigenvalue weighted by atomic mass is 16.6. The summed E-state index contributed by atoms with van der Waals surface area (Å²) in [6.07, 6.45) is 1.11. The molecule has 21 heavy (non-hydrogen) atoms. The van der Waals surface area contributed by atoms with Gasteiger partial charge in [-0.15, -0.1) is 0 Å². The highest BCUT2D eigenvalue weighted by Crippen LogP contribution is 2.10. The lowest BCUT2D eigenvalue weighted by molar-refractivity contribution is -0.394. The summed E-state index contributed by atoms with van der Waals surface area (Å²) in [5.74, 6) is -1.04. The molecule has 0 saturated heterocycles. The Hall–Kier alpha value is -3.10. The lowest BCUT2D eigenvalue weighted by Gasteiger charge is -2.04. The van der Waals surface area contributed by atoms with Crippen molar-refractivity contribution in [3.63, 3.8) is 0 Å². The topological polar surface area (TPSA) is 120 Å². The van der Waals surface area contributed by atoms with E-state index in [1.54, 1.807) is 24.3 Å². The van der Waals surface area contributed by atoms with Gasteiger partial charge in [-0.3, -0.25) is 9.59 Å². The first kappa shape index (κ1) is 14.3. The van der Waals surface area contributed by atoms with Crippen LogP contribution < -0.4 is 5.32 Å². The molecule has 0 aliphatic heterocycles. The summed E-state index contributed by atoms with van der Waals surface area (Å²) in [4.78, 5) is 36.0. The molecule has 9 heteroatoms. The van der Waals surface area contributed by atoms with Gasteiger partial charge in [0.2, 0.25) is 12.2 Å². The summed E-state index contributed by atoms with van der Waals surface area (Å²) < 4.78 is 1.07. The van der Waals surface area contributed by atoms with Crippen molar-refractivity contribution in [3.8, 4) is 0 Å². The largest absolute Gasteiger partial charge is 0.490 e. The number of nitrogens with one attached hydrogen (secondary N) is 1. The fourth-order valence-electron chi connectivity index (χ4n) is 1.58. The molecule has 0 unspecified atom stereocenters. The lowest BCUT2D eigenvalue weighted by Crippen LogP contribution is -2.19. The second-order valence-electron chi connectivity index (χ2n) is 4.18. The van der Waals surface area contributed by atoms with Gasteiger partial charge < -0.3 is 15.4 Å². The fraction of sp³-hybridized carbons (Fsp3) is 0.167. The van der Waals surface area contributed by atoms with Gasteiger partial charge in [-0.2, -0.15) is 4.68 Å². The third-order valence-corrected chi connectivity index (χ3v) is 2.57. The van der Waals surface area contributed by atoms with Gasteiger partial charge in [0.1, 0.15) is 6.54 Å². The number of carbonyl (C=O) groups is 2. The van der Waals surface area contributed by atoms with Crippen molar-refractivity contribution in [2.24, 2.45) is 0 Å². The number of anilines is 1. The second-order valence-corrected chi connectivity index (χ2v) is 4.18. The van der Waals surface area contributed by atoms with Crippen molar-refractivity contribution < 1.29 is 14.5 Å². The summed E-state index contributed by atoms with van der Waals surface area (Å²) in [7, 11) is 0. The Morgan fingerprint density at radius 3 is 2.52 bits per heavy atom. The Kier molecular flexibility index (Phi) is 4.02. The molecule has 1 amide bonds. The quantitative estimate of drug-likeness (QED) is 0.498. The molecule has 2 aromatic rings. The molecule has 0 atom stereocenters. The van der Waals surface area contributed by atoms with E-state index in [0.717, 1.165) is 11.0 Å². The van der Waals surface area contributed by atoms with Crippen LogP contribution in [0.25, 0.3) is 0 Å². The number of nitro groups is 1. The zero-order chi connectivity index (χ0) is 15.4. The summed E-state index contributed by atoms with van der Waals surface area (Å²) in [5, 5.41) is 16.5. The molecule has 2 rings (SSSR count). The van der Waals surface area contributed by atoms with Crippen LogP contribution in [-0.4, -0.2) is 31.4 Å². The number of hydrogen-bond acceptors (Lipinski definition) is 6. The highest BCUT2D eigenvalue weighted by Gasteiger charge is 2.15. The van der Waals surface area contributed by atoms with Crippen LogP contribution in [0.15, 0.2) is 30.6 Å². The Balaban J connectivity index is 1.97. The first-order chi connectivity index (χ1) is 9.95. The number of benzene rings is 1. The molecule has 1 heterocycles. The number of rotatable bonds is 5. The molecule has 0 bridgehead atoms. The van der Waals surface area contributed by atoms with Gasteiger partial charge >= 0.3 is 5.95 Å². The predicted octanol–water partition coefficient (Wildman–Crippen LogP) is 1.03. The lowest BCUT2D eigenvalue weighted by atomic mass is 10.1. The Morgan fingerprint density at radius 1 is 1.33 bits per heavy atom. The Bertz CT molecular complexity index is 692. The Labute approximate surface area is 118 Å². The predicted molar refractivity (Wildman–Crippen MR) is 71.8 cm³/mol. The van der Waals surface area contributed by atoms with Crippen molar-refractivity contribution in [1.29, 1.82) is 0 Å². The van der Waals surface area contributed by atoms with Crippen molar-refractivity contribution in [2.45, 2.75) is 13.5 Å². The molecule has 0 fully saturated rings. The molecular weight excluding hydrogens is 278 g/mol. The summed E-state index contributed by atoms with van der Waals surface area (Å²) in [6, 6.07) is 6.38. The van der Waals surface area contributed by atoms with E-state index in [1.165, 1.54) is 6.92 Å². The number of nitrogens with zero attached hydrogens (tertiary/aromatic N) is 4. The average Bonchev–Trinajstić information content (AvgIpc) is 2.87. The van der Waals surface area contributed by atoms with Gasteiger partial charge in [-0.1, -0.05) is 4.98 Å². The number of Topliss-reactive ketones (excluding diaryl/α,β-unsaturated/α-hetero) is 1. The molecular formula is C12H11N5O4. The monoisotopic (exact) mass is 289 g/mol. The Morgan fingerprint density at radius 2 is 2.00 bits per heavy atom. The van der Waals surface area contributed by atoms with Crippen molar-refractivity contribution >= 4 is 23.3 Å². The molecule has 9 nitrogen and oxygen atoms in total. The highest BCUT2D eigenvalue weighted by molar-refractivity contribution is 5.95. The molecule has 0 saturated carbocycles. The molecule has 1 aromatic heterocycles. The third-order valence-electron chi connectivity index (χ3n) is 2.57. The van der Waals surface area contributed by atoms with Crippen LogP contribution in [0.3, 0.4) is 0 Å². The average molecular weight is 289 g/mol. The summed E-state index contributed by atoms with van der Waals surface area (Å²) >= 11 is 0. The van der Waals surface area contributed by atoms with E-state index in [9.17, 15) is 19.7 Å².